The second-order valence-electron chi connectivity index (χ2n) is 6.85. The second kappa shape index (κ2) is 8.23. The Hall–Kier alpha value is -2.27. The van der Waals surface area contributed by atoms with Crippen molar-refractivity contribution in [2.75, 3.05) is 4.72 Å². The minimum Gasteiger partial charge on any atom is -0.507 e. The van der Waals surface area contributed by atoms with Gasteiger partial charge in [-0.1, -0.05) is 12.5 Å². The zero-order chi connectivity index (χ0) is 21.2. The van der Waals surface area contributed by atoms with Gasteiger partial charge in [-0.05, 0) is 42.8 Å². The highest BCUT2D eigenvalue weighted by Gasteiger charge is 2.42. The van der Waals surface area contributed by atoms with Gasteiger partial charge in [0.2, 0.25) is 0 Å². The van der Waals surface area contributed by atoms with Crippen molar-refractivity contribution in [3.63, 3.8) is 0 Å². The molecule has 0 radical (unpaired) electrons. The number of nitrogens with one attached hydrogen (secondary N) is 2. The molecule has 6 nitrogen and oxygen atoms in total. The number of halogens is 3. The van der Waals surface area contributed by atoms with E-state index in [1.165, 1.54) is 18.2 Å². The van der Waals surface area contributed by atoms with Crippen molar-refractivity contribution in [1.29, 1.82) is 0 Å². The van der Waals surface area contributed by atoms with E-state index >= 15 is 0 Å². The molecule has 1 amide bonds. The van der Waals surface area contributed by atoms with Crippen molar-refractivity contribution in [2.24, 2.45) is 5.92 Å². The van der Waals surface area contributed by atoms with Gasteiger partial charge in [0.1, 0.15) is 9.96 Å². The number of anilines is 1. The number of hydrogen-bond acceptors (Lipinski definition) is 5. The van der Waals surface area contributed by atoms with Crippen LogP contribution in [0, 0.1) is 5.92 Å². The fourth-order valence-electron chi connectivity index (χ4n) is 3.29. The molecule has 1 fully saturated rings. The zero-order valence-electron chi connectivity index (χ0n) is 15.1. The number of aromatic hydroxyl groups is 1. The smallest absolute Gasteiger partial charge is 0.391 e. The van der Waals surface area contributed by atoms with Gasteiger partial charge < -0.3 is 10.4 Å². The fraction of sp³-hybridized carbons (Fsp3) is 0.389. The third kappa shape index (κ3) is 5.21. The molecular formula is C18H19F3N2O4S2. The van der Waals surface area contributed by atoms with Crippen molar-refractivity contribution < 1.29 is 31.5 Å². The van der Waals surface area contributed by atoms with Crippen LogP contribution in [-0.4, -0.2) is 31.6 Å². The van der Waals surface area contributed by atoms with Crippen molar-refractivity contribution in [3.05, 3.63) is 41.3 Å². The Labute approximate surface area is 169 Å². The molecule has 1 aliphatic rings. The van der Waals surface area contributed by atoms with E-state index in [0.29, 0.717) is 12.8 Å². The Balaban J connectivity index is 1.68. The van der Waals surface area contributed by atoms with E-state index in [1.807, 2.05) is 0 Å². The van der Waals surface area contributed by atoms with Crippen LogP contribution in [-0.2, 0) is 10.0 Å². The maximum atomic E-state index is 12.9. The van der Waals surface area contributed by atoms with Crippen LogP contribution in [0.15, 0.2) is 39.9 Å². The van der Waals surface area contributed by atoms with E-state index < -0.39 is 39.8 Å². The van der Waals surface area contributed by atoms with Gasteiger partial charge in [0.25, 0.3) is 15.9 Å². The standard InChI is InChI=1S/C18H19F3N2O4S2/c19-18(20,21)11-3-1-4-12(9-11)22-17(25)14-7-6-13(10-15(14)24)23-29(26,27)16-5-2-8-28-16/h2,5-8,10-12,23-24H,1,3-4,9H2,(H,22,25). The van der Waals surface area contributed by atoms with Crippen LogP contribution in [0.25, 0.3) is 0 Å². The molecule has 2 aromatic rings. The first-order valence-electron chi connectivity index (χ1n) is 8.83. The van der Waals surface area contributed by atoms with Crippen LogP contribution < -0.4 is 10.0 Å². The summed E-state index contributed by atoms with van der Waals surface area (Å²) in [5, 5.41) is 14.3. The van der Waals surface area contributed by atoms with Crippen LogP contribution in [0.2, 0.25) is 0 Å². The predicted octanol–water partition coefficient (Wildman–Crippen LogP) is 4.11. The first-order valence-corrected chi connectivity index (χ1v) is 11.2. The van der Waals surface area contributed by atoms with Gasteiger partial charge in [0.15, 0.2) is 0 Å². The van der Waals surface area contributed by atoms with Gasteiger partial charge in [0, 0.05) is 12.1 Å². The summed E-state index contributed by atoms with van der Waals surface area (Å²) in [5.74, 6) is -2.63. The van der Waals surface area contributed by atoms with Crippen LogP contribution in [0.5, 0.6) is 5.75 Å². The van der Waals surface area contributed by atoms with Crippen LogP contribution >= 0.6 is 11.3 Å². The fourth-order valence-corrected chi connectivity index (χ4v) is 5.33. The third-order valence-electron chi connectivity index (χ3n) is 4.73. The molecule has 1 aliphatic carbocycles. The lowest BCUT2D eigenvalue weighted by Crippen LogP contribution is -2.41. The van der Waals surface area contributed by atoms with Gasteiger partial charge in [-0.15, -0.1) is 11.3 Å². The summed E-state index contributed by atoms with van der Waals surface area (Å²) in [6, 6.07) is 5.98. The Morgan fingerprint density at radius 1 is 1.21 bits per heavy atom. The first kappa shape index (κ1) is 21.4. The summed E-state index contributed by atoms with van der Waals surface area (Å²) in [4.78, 5) is 12.4. The molecule has 1 heterocycles. The minimum absolute atomic E-state index is 0.0419. The lowest BCUT2D eigenvalue weighted by atomic mass is 9.85. The normalized spacial score (nSPS) is 20.2. The Morgan fingerprint density at radius 3 is 2.59 bits per heavy atom. The van der Waals surface area contributed by atoms with E-state index in [2.05, 4.69) is 10.0 Å². The number of benzene rings is 1. The van der Waals surface area contributed by atoms with Crippen LogP contribution in [0.1, 0.15) is 36.0 Å². The molecule has 1 aromatic heterocycles. The van der Waals surface area contributed by atoms with Crippen molar-refractivity contribution in [1.82, 2.24) is 5.32 Å². The molecule has 0 aliphatic heterocycles. The summed E-state index contributed by atoms with van der Waals surface area (Å²) in [6.45, 7) is 0. The number of hydrogen-bond donors (Lipinski definition) is 3. The summed E-state index contributed by atoms with van der Waals surface area (Å²) in [5.41, 5.74) is -0.0829. The van der Waals surface area contributed by atoms with Gasteiger partial charge in [-0.3, -0.25) is 9.52 Å². The first-order chi connectivity index (χ1) is 13.6. The molecule has 3 N–H and O–H groups in total. The quantitative estimate of drug-likeness (QED) is 0.642. The summed E-state index contributed by atoms with van der Waals surface area (Å²) >= 11 is 1.03. The molecule has 11 heteroatoms. The molecule has 2 atom stereocenters. The van der Waals surface area contributed by atoms with Gasteiger partial charge in [0.05, 0.1) is 17.2 Å². The number of thiophene rings is 1. The highest BCUT2D eigenvalue weighted by molar-refractivity contribution is 7.94. The number of rotatable bonds is 5. The van der Waals surface area contributed by atoms with E-state index in [-0.39, 0.29) is 28.3 Å². The van der Waals surface area contributed by atoms with Crippen LogP contribution in [0.3, 0.4) is 0 Å². The number of amides is 1. The molecule has 1 saturated carbocycles. The predicted molar refractivity (Wildman–Crippen MR) is 103 cm³/mol. The van der Waals surface area contributed by atoms with E-state index in [4.69, 9.17) is 0 Å². The average Bonchev–Trinajstić information content (AvgIpc) is 3.16. The summed E-state index contributed by atoms with van der Waals surface area (Å²) < 4.78 is 65.6. The molecule has 0 bridgehead atoms. The second-order valence-corrected chi connectivity index (χ2v) is 9.70. The van der Waals surface area contributed by atoms with Crippen molar-refractivity contribution in [3.8, 4) is 5.75 Å². The lowest BCUT2D eigenvalue weighted by Gasteiger charge is -2.31. The topological polar surface area (TPSA) is 95.5 Å². The summed E-state index contributed by atoms with van der Waals surface area (Å²) in [7, 11) is -3.81. The largest absolute Gasteiger partial charge is 0.507 e. The molecule has 3 rings (SSSR count). The maximum Gasteiger partial charge on any atom is 0.391 e. The van der Waals surface area contributed by atoms with E-state index in [0.717, 1.165) is 17.4 Å². The number of carbonyl (C=O) groups is 1. The monoisotopic (exact) mass is 448 g/mol. The van der Waals surface area contributed by atoms with Gasteiger partial charge in [-0.2, -0.15) is 13.2 Å². The van der Waals surface area contributed by atoms with Crippen LogP contribution in [0.4, 0.5) is 18.9 Å². The van der Waals surface area contributed by atoms with Gasteiger partial charge >= 0.3 is 6.18 Å². The van der Waals surface area contributed by atoms with Crippen molar-refractivity contribution in [2.45, 2.75) is 42.1 Å². The van der Waals surface area contributed by atoms with E-state index in [9.17, 15) is 31.5 Å². The molecule has 0 saturated heterocycles. The number of phenolic OH excluding ortho intramolecular Hbond substituents is 1. The zero-order valence-corrected chi connectivity index (χ0v) is 16.7. The number of sulfonamides is 1. The molecule has 29 heavy (non-hydrogen) atoms. The molecule has 0 spiro atoms. The SMILES string of the molecule is O=C(NC1CCCC(C(F)(F)F)C1)c1ccc(NS(=O)(=O)c2cccs2)cc1O. The number of phenols is 1. The Morgan fingerprint density at radius 2 is 1.97 bits per heavy atom. The molecule has 2 unspecified atom stereocenters. The number of carbonyl (C=O) groups excluding carboxylic acids is 1. The average molecular weight is 448 g/mol. The molecule has 158 valence electrons. The highest BCUT2D eigenvalue weighted by Crippen LogP contribution is 2.37. The third-order valence-corrected chi connectivity index (χ3v) is 7.51. The Kier molecular flexibility index (Phi) is 6.08. The number of alkyl halides is 3. The van der Waals surface area contributed by atoms with Gasteiger partial charge in [-0.25, -0.2) is 8.42 Å². The Bertz CT molecular complexity index is 975. The summed E-state index contributed by atoms with van der Waals surface area (Å²) in [6.07, 6.45) is -3.68. The minimum atomic E-state index is -4.30. The molecular weight excluding hydrogens is 429 g/mol. The highest BCUT2D eigenvalue weighted by atomic mass is 32.2. The lowest BCUT2D eigenvalue weighted by molar-refractivity contribution is -0.183. The maximum absolute atomic E-state index is 12.9. The molecule has 1 aromatic carbocycles. The van der Waals surface area contributed by atoms with E-state index in [1.54, 1.807) is 11.4 Å². The van der Waals surface area contributed by atoms with Crippen molar-refractivity contribution >= 4 is 33.0 Å².